The highest BCUT2D eigenvalue weighted by Crippen LogP contribution is 2.53. The molecule has 4 nitrogen and oxygen atoms in total. The van der Waals surface area contributed by atoms with Gasteiger partial charge in [-0.25, -0.2) is 0 Å². The van der Waals surface area contributed by atoms with E-state index in [2.05, 4.69) is 50.2 Å². The smallest absolute Gasteiger partial charge is 0.162 e. The average Bonchev–Trinajstić information content (AvgIpc) is 3.20. The Morgan fingerprint density at radius 2 is 1.42 bits per heavy atom. The fourth-order valence-corrected chi connectivity index (χ4v) is 5.48. The highest BCUT2D eigenvalue weighted by molar-refractivity contribution is 5.60. The van der Waals surface area contributed by atoms with E-state index < -0.39 is 5.60 Å². The predicted octanol–water partition coefficient (Wildman–Crippen LogP) is 6.27. The van der Waals surface area contributed by atoms with E-state index in [1.54, 1.807) is 0 Å². The molecule has 4 aromatic rings. The number of ether oxygens (including phenoxy) is 3. The molecule has 2 atom stereocenters. The van der Waals surface area contributed by atoms with Gasteiger partial charge < -0.3 is 19.3 Å². The van der Waals surface area contributed by atoms with E-state index in [0.29, 0.717) is 31.1 Å². The van der Waals surface area contributed by atoms with Gasteiger partial charge in [0.1, 0.15) is 31.2 Å². The largest absolute Gasteiger partial charge is 0.490 e. The Hall–Kier alpha value is -3.76. The zero-order valence-electron chi connectivity index (χ0n) is 20.7. The lowest BCUT2D eigenvalue weighted by molar-refractivity contribution is -0.0220. The standard InChI is InChI=1S/C32H30O4/c1-21-13-14-26-30-27-16-29(35-19-24-11-7-4-8-12-24)28(34-18-23-9-5-3-6-10-23)15-25(27)17-32(30,33)20-36-31(26)22(21)2/h3-16,30,33H,17-20H2,1-2H3. The third kappa shape index (κ3) is 4.02. The van der Waals surface area contributed by atoms with Crippen LogP contribution < -0.4 is 14.2 Å². The van der Waals surface area contributed by atoms with Crippen molar-refractivity contribution in [3.63, 3.8) is 0 Å². The molecule has 0 saturated heterocycles. The second kappa shape index (κ2) is 9.03. The molecule has 0 amide bonds. The maximum atomic E-state index is 11.7. The van der Waals surface area contributed by atoms with Gasteiger partial charge in [-0.15, -0.1) is 0 Å². The second-order valence-electron chi connectivity index (χ2n) is 9.97. The number of benzene rings is 4. The third-order valence-corrected chi connectivity index (χ3v) is 7.51. The van der Waals surface area contributed by atoms with Crippen molar-refractivity contribution in [2.45, 2.75) is 45.0 Å². The molecule has 1 N–H and O–H groups in total. The molecule has 0 spiro atoms. The van der Waals surface area contributed by atoms with E-state index in [1.165, 1.54) is 5.56 Å². The first-order chi connectivity index (χ1) is 17.5. The highest BCUT2D eigenvalue weighted by Gasteiger charge is 2.50. The van der Waals surface area contributed by atoms with Crippen LogP contribution in [0.15, 0.2) is 84.9 Å². The number of fused-ring (bicyclic) bond motifs is 5. The normalized spacial score (nSPS) is 19.6. The van der Waals surface area contributed by atoms with Crippen LogP contribution in [0.2, 0.25) is 0 Å². The van der Waals surface area contributed by atoms with Crippen LogP contribution in [0.3, 0.4) is 0 Å². The van der Waals surface area contributed by atoms with Crippen molar-refractivity contribution >= 4 is 0 Å². The number of hydrogen-bond donors (Lipinski definition) is 1. The summed E-state index contributed by atoms with van der Waals surface area (Å²) in [6.07, 6.45) is 0.514. The van der Waals surface area contributed by atoms with Crippen LogP contribution in [0.25, 0.3) is 0 Å². The molecule has 0 bridgehead atoms. The minimum Gasteiger partial charge on any atom is -0.490 e. The Labute approximate surface area is 212 Å². The van der Waals surface area contributed by atoms with E-state index in [-0.39, 0.29) is 12.5 Å². The Bertz CT molecular complexity index is 1400. The molecule has 0 saturated carbocycles. The first-order valence-electron chi connectivity index (χ1n) is 12.5. The summed E-state index contributed by atoms with van der Waals surface area (Å²) in [6, 6.07) is 28.6. The molecule has 2 unspecified atom stereocenters. The van der Waals surface area contributed by atoms with E-state index >= 15 is 0 Å². The summed E-state index contributed by atoms with van der Waals surface area (Å²) in [5.41, 5.74) is 6.70. The van der Waals surface area contributed by atoms with Gasteiger partial charge in [-0.05, 0) is 59.4 Å². The lowest BCUT2D eigenvalue weighted by Gasteiger charge is -2.37. The zero-order valence-corrected chi connectivity index (χ0v) is 20.7. The summed E-state index contributed by atoms with van der Waals surface area (Å²) in [6.45, 7) is 5.33. The van der Waals surface area contributed by atoms with Crippen LogP contribution in [0, 0.1) is 13.8 Å². The molecule has 2 aliphatic rings. The van der Waals surface area contributed by atoms with Gasteiger partial charge in [-0.2, -0.15) is 0 Å². The second-order valence-corrected chi connectivity index (χ2v) is 9.97. The molecule has 6 rings (SSSR count). The minimum absolute atomic E-state index is 0.169. The number of rotatable bonds is 6. The van der Waals surface area contributed by atoms with Crippen molar-refractivity contribution < 1.29 is 19.3 Å². The number of hydrogen-bond acceptors (Lipinski definition) is 4. The highest BCUT2D eigenvalue weighted by atomic mass is 16.5. The van der Waals surface area contributed by atoms with Crippen LogP contribution in [0.4, 0.5) is 0 Å². The van der Waals surface area contributed by atoms with Crippen LogP contribution in [0.5, 0.6) is 17.2 Å². The van der Waals surface area contributed by atoms with Gasteiger partial charge in [0, 0.05) is 17.9 Å². The lowest BCUT2D eigenvalue weighted by Crippen LogP contribution is -2.44. The summed E-state index contributed by atoms with van der Waals surface area (Å²) >= 11 is 0. The first kappa shape index (κ1) is 22.7. The van der Waals surface area contributed by atoms with Crippen LogP contribution in [-0.4, -0.2) is 17.3 Å². The molecule has 1 aliphatic heterocycles. The summed E-state index contributed by atoms with van der Waals surface area (Å²) in [4.78, 5) is 0. The van der Waals surface area contributed by atoms with Gasteiger partial charge in [-0.3, -0.25) is 0 Å². The number of aryl methyl sites for hydroxylation is 1. The van der Waals surface area contributed by atoms with Crippen molar-refractivity contribution in [1.29, 1.82) is 0 Å². The molecule has 1 heterocycles. The van der Waals surface area contributed by atoms with Gasteiger partial charge in [0.05, 0.1) is 0 Å². The van der Waals surface area contributed by atoms with Crippen molar-refractivity contribution in [2.24, 2.45) is 0 Å². The fourth-order valence-electron chi connectivity index (χ4n) is 5.48. The summed E-state index contributed by atoms with van der Waals surface area (Å²) in [7, 11) is 0. The van der Waals surface area contributed by atoms with E-state index in [9.17, 15) is 5.11 Å². The molecule has 0 aromatic heterocycles. The van der Waals surface area contributed by atoms with Gasteiger partial charge >= 0.3 is 0 Å². The maximum absolute atomic E-state index is 11.7. The molecular weight excluding hydrogens is 448 g/mol. The molecule has 0 fully saturated rings. The van der Waals surface area contributed by atoms with Gasteiger partial charge in [0.15, 0.2) is 11.5 Å². The Morgan fingerprint density at radius 3 is 2.06 bits per heavy atom. The summed E-state index contributed by atoms with van der Waals surface area (Å²) in [5.74, 6) is 2.11. The Kier molecular flexibility index (Phi) is 5.69. The maximum Gasteiger partial charge on any atom is 0.162 e. The predicted molar refractivity (Wildman–Crippen MR) is 140 cm³/mol. The topological polar surface area (TPSA) is 47.9 Å². The van der Waals surface area contributed by atoms with Crippen LogP contribution >= 0.6 is 0 Å². The van der Waals surface area contributed by atoms with E-state index in [4.69, 9.17) is 14.2 Å². The first-order valence-corrected chi connectivity index (χ1v) is 12.5. The molecule has 4 heteroatoms. The molecular formula is C32H30O4. The monoisotopic (exact) mass is 478 g/mol. The van der Waals surface area contributed by atoms with Crippen molar-refractivity contribution in [3.05, 3.63) is 124 Å². The SMILES string of the molecule is Cc1ccc2c(c1C)OCC1(O)Cc3cc(OCc4ccccc4)c(OCc4ccccc4)cc3C21. The van der Waals surface area contributed by atoms with E-state index in [1.807, 2.05) is 48.5 Å². The van der Waals surface area contributed by atoms with Gasteiger partial charge in [0.2, 0.25) is 0 Å². The lowest BCUT2D eigenvalue weighted by atomic mass is 9.79. The molecule has 0 radical (unpaired) electrons. The van der Waals surface area contributed by atoms with Crippen molar-refractivity contribution in [1.82, 2.24) is 0 Å². The Morgan fingerprint density at radius 1 is 0.806 bits per heavy atom. The van der Waals surface area contributed by atoms with Crippen molar-refractivity contribution in [3.8, 4) is 17.2 Å². The molecule has 182 valence electrons. The van der Waals surface area contributed by atoms with Crippen LogP contribution in [-0.2, 0) is 19.6 Å². The van der Waals surface area contributed by atoms with Crippen molar-refractivity contribution in [2.75, 3.05) is 6.61 Å². The fraction of sp³-hybridized carbons (Fsp3) is 0.250. The van der Waals surface area contributed by atoms with E-state index in [0.717, 1.165) is 39.1 Å². The molecule has 4 aromatic carbocycles. The quantitative estimate of drug-likeness (QED) is 0.355. The third-order valence-electron chi connectivity index (χ3n) is 7.51. The number of aliphatic hydroxyl groups is 1. The Balaban J connectivity index is 1.39. The van der Waals surface area contributed by atoms with Crippen LogP contribution in [0.1, 0.15) is 44.9 Å². The average molecular weight is 479 g/mol. The molecule has 1 aliphatic carbocycles. The zero-order chi connectivity index (χ0) is 24.7. The summed E-state index contributed by atoms with van der Waals surface area (Å²) < 4.78 is 18.8. The summed E-state index contributed by atoms with van der Waals surface area (Å²) in [5, 5.41) is 11.7. The minimum atomic E-state index is -0.994. The van der Waals surface area contributed by atoms with Gasteiger partial charge in [0.25, 0.3) is 0 Å². The molecule has 36 heavy (non-hydrogen) atoms. The van der Waals surface area contributed by atoms with Gasteiger partial charge in [-0.1, -0.05) is 72.8 Å².